The van der Waals surface area contributed by atoms with Crippen molar-refractivity contribution in [1.29, 1.82) is 0 Å². The molecule has 0 aromatic heterocycles. The summed E-state index contributed by atoms with van der Waals surface area (Å²) in [7, 11) is 1.54. The zero-order valence-corrected chi connectivity index (χ0v) is 11.4. The van der Waals surface area contributed by atoms with Crippen LogP contribution in [0.3, 0.4) is 0 Å². The Bertz CT molecular complexity index is 252. The molecule has 17 heavy (non-hydrogen) atoms. The minimum atomic E-state index is -4.13. The van der Waals surface area contributed by atoms with Gasteiger partial charge in [0.1, 0.15) is 0 Å². The minimum Gasteiger partial charge on any atom is -0.356 e. The number of hydrogen-bond acceptors (Lipinski definition) is 2. The Labute approximate surface area is 105 Å². The van der Waals surface area contributed by atoms with Gasteiger partial charge in [-0.2, -0.15) is 24.9 Å². The van der Waals surface area contributed by atoms with Crippen LogP contribution in [0, 0.1) is 0 Å². The van der Waals surface area contributed by atoms with E-state index in [-0.39, 0.29) is 11.3 Å². The molecule has 0 spiro atoms. The molecule has 0 unspecified atom stereocenters. The minimum absolute atomic E-state index is 0.0155. The highest BCUT2D eigenvalue weighted by molar-refractivity contribution is 7.99. The van der Waals surface area contributed by atoms with E-state index in [2.05, 4.69) is 15.6 Å². The van der Waals surface area contributed by atoms with Crippen LogP contribution in [0.25, 0.3) is 0 Å². The molecule has 0 aromatic rings. The van der Waals surface area contributed by atoms with E-state index in [1.165, 1.54) is 7.05 Å². The van der Waals surface area contributed by atoms with Crippen molar-refractivity contribution in [2.75, 3.05) is 26.4 Å². The quantitative estimate of drug-likeness (QED) is 0.595. The molecule has 0 amide bonds. The zero-order valence-electron chi connectivity index (χ0n) is 10.6. The van der Waals surface area contributed by atoms with Crippen LogP contribution in [-0.2, 0) is 0 Å². The van der Waals surface area contributed by atoms with E-state index in [1.54, 1.807) is 11.8 Å². The summed E-state index contributed by atoms with van der Waals surface area (Å²) in [6.07, 6.45) is -3.01. The maximum Gasteiger partial charge on any atom is 0.390 e. The van der Waals surface area contributed by atoms with Gasteiger partial charge in [-0.05, 0) is 20.1 Å². The van der Waals surface area contributed by atoms with Crippen LogP contribution in [0.4, 0.5) is 13.2 Å². The van der Waals surface area contributed by atoms with Crippen molar-refractivity contribution in [3.63, 3.8) is 0 Å². The summed E-state index contributed by atoms with van der Waals surface area (Å²) in [5.41, 5.74) is 0. The van der Waals surface area contributed by atoms with E-state index in [0.717, 1.165) is 0 Å². The number of alkyl halides is 3. The summed E-state index contributed by atoms with van der Waals surface area (Å²) in [6, 6.07) is 0. The fourth-order valence-corrected chi connectivity index (χ4v) is 1.13. The molecular formula is C10H20F3N3S. The number of aliphatic imine (C=N–C) groups is 1. The maximum atomic E-state index is 11.9. The van der Waals surface area contributed by atoms with Gasteiger partial charge < -0.3 is 10.6 Å². The van der Waals surface area contributed by atoms with Crippen molar-refractivity contribution >= 4 is 17.7 Å². The molecular weight excluding hydrogens is 251 g/mol. The molecule has 0 heterocycles. The highest BCUT2D eigenvalue weighted by Gasteiger charge is 2.26. The first-order valence-corrected chi connectivity index (χ1v) is 6.49. The lowest BCUT2D eigenvalue weighted by Crippen LogP contribution is -2.44. The molecule has 0 rings (SSSR count). The van der Waals surface area contributed by atoms with Crippen LogP contribution in [0.2, 0.25) is 0 Å². The molecule has 0 saturated carbocycles. The number of hydrogen-bond donors (Lipinski definition) is 2. The summed E-state index contributed by atoms with van der Waals surface area (Å²) in [5, 5.41) is 5.63. The highest BCUT2D eigenvalue weighted by Crippen LogP contribution is 2.19. The van der Waals surface area contributed by atoms with E-state index in [9.17, 15) is 13.2 Å². The normalized spacial score (nSPS) is 13.7. The van der Waals surface area contributed by atoms with Crippen molar-refractivity contribution in [2.24, 2.45) is 4.99 Å². The van der Waals surface area contributed by atoms with E-state index in [4.69, 9.17) is 0 Å². The zero-order chi connectivity index (χ0) is 13.5. The number of halogens is 3. The number of nitrogens with zero attached hydrogens (tertiary/aromatic N) is 1. The van der Waals surface area contributed by atoms with Crippen molar-refractivity contribution < 1.29 is 13.2 Å². The summed E-state index contributed by atoms with van der Waals surface area (Å²) in [4.78, 5) is 3.86. The highest BCUT2D eigenvalue weighted by atomic mass is 32.2. The van der Waals surface area contributed by atoms with Gasteiger partial charge in [0.25, 0.3) is 0 Å². The van der Waals surface area contributed by atoms with Gasteiger partial charge >= 0.3 is 6.18 Å². The van der Waals surface area contributed by atoms with Gasteiger partial charge in [-0.25, -0.2) is 0 Å². The molecule has 0 fully saturated rings. The average Bonchev–Trinajstić information content (AvgIpc) is 2.21. The molecule has 7 heteroatoms. The Balaban J connectivity index is 3.95. The summed E-state index contributed by atoms with van der Waals surface area (Å²) in [6.45, 7) is 4.57. The fraction of sp³-hybridized carbons (Fsp3) is 0.900. The molecule has 0 saturated heterocycles. The monoisotopic (exact) mass is 271 g/mol. The number of guanidine groups is 1. The van der Waals surface area contributed by atoms with Gasteiger partial charge in [-0.1, -0.05) is 0 Å². The summed E-state index contributed by atoms with van der Waals surface area (Å²) < 4.78 is 35.8. The molecule has 0 radical (unpaired) electrons. The molecule has 0 aliphatic heterocycles. The predicted molar refractivity (Wildman–Crippen MR) is 67.6 cm³/mol. The molecule has 0 aromatic carbocycles. The third-order valence-corrected chi connectivity index (χ3v) is 3.41. The lowest BCUT2D eigenvalue weighted by atomic mass is 10.2. The molecule has 3 nitrogen and oxygen atoms in total. The Hall–Kier alpha value is -0.590. The Morgan fingerprint density at radius 2 is 1.82 bits per heavy atom. The Kier molecular flexibility index (Phi) is 6.74. The second-order valence-corrected chi connectivity index (χ2v) is 5.69. The van der Waals surface area contributed by atoms with Crippen LogP contribution in [0.1, 0.15) is 20.3 Å². The van der Waals surface area contributed by atoms with Crippen molar-refractivity contribution in [1.82, 2.24) is 10.6 Å². The molecule has 0 aliphatic carbocycles. The number of thioether (sulfide) groups is 1. The van der Waals surface area contributed by atoms with Gasteiger partial charge in [0.2, 0.25) is 0 Å². The molecule has 0 bridgehead atoms. The van der Waals surface area contributed by atoms with Crippen molar-refractivity contribution in [2.45, 2.75) is 31.2 Å². The molecule has 0 aliphatic rings. The van der Waals surface area contributed by atoms with Gasteiger partial charge in [0.05, 0.1) is 6.42 Å². The molecule has 102 valence electrons. The fourth-order valence-electron chi connectivity index (χ4n) is 0.912. The standard InChI is InChI=1S/C10H20F3N3S/c1-9(2,17-4)7-16-8(14-3)15-6-5-10(11,12)13/h5-7H2,1-4H3,(H2,14,15,16). The topological polar surface area (TPSA) is 36.4 Å². The van der Waals surface area contributed by atoms with Crippen LogP contribution in [0.5, 0.6) is 0 Å². The second kappa shape index (κ2) is 6.98. The number of rotatable bonds is 5. The van der Waals surface area contributed by atoms with Crippen molar-refractivity contribution in [3.05, 3.63) is 0 Å². The van der Waals surface area contributed by atoms with Gasteiger partial charge in [0, 0.05) is 24.9 Å². The average molecular weight is 271 g/mol. The molecule has 0 atom stereocenters. The Morgan fingerprint density at radius 1 is 1.24 bits per heavy atom. The summed E-state index contributed by atoms with van der Waals surface area (Å²) in [5.74, 6) is 0.399. The first kappa shape index (κ1) is 16.4. The van der Waals surface area contributed by atoms with Crippen LogP contribution < -0.4 is 10.6 Å². The van der Waals surface area contributed by atoms with Gasteiger partial charge in [0.15, 0.2) is 5.96 Å². The third kappa shape index (κ3) is 9.14. The lowest BCUT2D eigenvalue weighted by Gasteiger charge is -2.23. The van der Waals surface area contributed by atoms with Crippen molar-refractivity contribution in [3.8, 4) is 0 Å². The van der Waals surface area contributed by atoms with Crippen LogP contribution in [0.15, 0.2) is 4.99 Å². The van der Waals surface area contributed by atoms with E-state index in [1.807, 2.05) is 20.1 Å². The smallest absolute Gasteiger partial charge is 0.356 e. The van der Waals surface area contributed by atoms with E-state index >= 15 is 0 Å². The first-order chi connectivity index (χ1) is 7.70. The van der Waals surface area contributed by atoms with Crippen LogP contribution >= 0.6 is 11.8 Å². The van der Waals surface area contributed by atoms with E-state index < -0.39 is 12.6 Å². The SMILES string of the molecule is CN=C(NCCC(F)(F)F)NCC(C)(C)SC. The number of nitrogens with one attached hydrogen (secondary N) is 2. The largest absolute Gasteiger partial charge is 0.390 e. The predicted octanol–water partition coefficient (Wildman–Crippen LogP) is 2.25. The molecule has 2 N–H and O–H groups in total. The Morgan fingerprint density at radius 3 is 2.24 bits per heavy atom. The first-order valence-electron chi connectivity index (χ1n) is 5.26. The van der Waals surface area contributed by atoms with E-state index in [0.29, 0.717) is 12.5 Å². The van der Waals surface area contributed by atoms with Gasteiger partial charge in [-0.15, -0.1) is 0 Å². The maximum absolute atomic E-state index is 11.9. The van der Waals surface area contributed by atoms with Gasteiger partial charge in [-0.3, -0.25) is 4.99 Å². The lowest BCUT2D eigenvalue weighted by molar-refractivity contribution is -0.132. The summed E-state index contributed by atoms with van der Waals surface area (Å²) >= 11 is 1.68. The van der Waals surface area contributed by atoms with Crippen LogP contribution in [-0.4, -0.2) is 43.3 Å². The third-order valence-electron chi connectivity index (χ3n) is 2.16. The second-order valence-electron chi connectivity index (χ2n) is 4.18.